The van der Waals surface area contributed by atoms with Gasteiger partial charge in [-0.3, -0.25) is 0 Å². The van der Waals surface area contributed by atoms with Crippen molar-refractivity contribution in [1.82, 2.24) is 15.0 Å². The van der Waals surface area contributed by atoms with Crippen LogP contribution in [0.2, 0.25) is 0 Å². The standard InChI is InChI=1S/C22H26FN3/c1-13-7-9-16(10-8-13)11-19-20-14(2)15(3)24-22(20)26-21(25-19)17-5-4-6-18(23)12-17/h4-6,12-13,16H,7-11H2,1-3H3,(H,24,25,26). The Balaban J connectivity index is 1.78. The van der Waals surface area contributed by atoms with Crippen molar-refractivity contribution in [2.45, 2.75) is 52.9 Å². The summed E-state index contributed by atoms with van der Waals surface area (Å²) in [5, 5.41) is 1.15. The Morgan fingerprint density at radius 3 is 2.62 bits per heavy atom. The summed E-state index contributed by atoms with van der Waals surface area (Å²) in [6.07, 6.45) is 6.13. The highest BCUT2D eigenvalue weighted by molar-refractivity contribution is 5.85. The van der Waals surface area contributed by atoms with Gasteiger partial charge >= 0.3 is 0 Å². The molecule has 3 nitrogen and oxygen atoms in total. The fraction of sp³-hybridized carbons (Fsp3) is 0.455. The lowest BCUT2D eigenvalue weighted by atomic mass is 9.80. The van der Waals surface area contributed by atoms with Crippen molar-refractivity contribution in [2.24, 2.45) is 11.8 Å². The fourth-order valence-corrected chi connectivity index (χ4v) is 4.16. The van der Waals surface area contributed by atoms with Crippen molar-refractivity contribution in [2.75, 3.05) is 0 Å². The number of aryl methyl sites for hydroxylation is 2. The number of aromatic nitrogens is 3. The third-order valence-electron chi connectivity index (χ3n) is 5.93. The molecule has 0 saturated heterocycles. The lowest BCUT2D eigenvalue weighted by Gasteiger charge is -2.26. The Labute approximate surface area is 154 Å². The second kappa shape index (κ2) is 6.82. The fourth-order valence-electron chi connectivity index (χ4n) is 4.16. The van der Waals surface area contributed by atoms with Crippen LogP contribution in [0.1, 0.15) is 49.6 Å². The Morgan fingerprint density at radius 2 is 1.88 bits per heavy atom. The molecule has 4 heteroatoms. The van der Waals surface area contributed by atoms with Gasteiger partial charge in [0, 0.05) is 16.6 Å². The first-order chi connectivity index (χ1) is 12.5. The molecule has 136 valence electrons. The van der Waals surface area contributed by atoms with E-state index in [0.717, 1.165) is 40.3 Å². The number of rotatable bonds is 3. The normalized spacial score (nSPS) is 20.6. The van der Waals surface area contributed by atoms with Gasteiger partial charge in [0.15, 0.2) is 5.82 Å². The zero-order valence-corrected chi connectivity index (χ0v) is 15.8. The summed E-state index contributed by atoms with van der Waals surface area (Å²) in [5.74, 6) is 1.88. The van der Waals surface area contributed by atoms with Crippen LogP contribution in [0.25, 0.3) is 22.4 Å². The van der Waals surface area contributed by atoms with Gasteiger partial charge in [-0.05, 0) is 62.6 Å². The van der Waals surface area contributed by atoms with Gasteiger partial charge in [0.25, 0.3) is 0 Å². The number of hydrogen-bond acceptors (Lipinski definition) is 2. The Morgan fingerprint density at radius 1 is 1.12 bits per heavy atom. The Hall–Kier alpha value is -2.23. The summed E-state index contributed by atoms with van der Waals surface area (Å²) in [6.45, 7) is 6.55. The highest BCUT2D eigenvalue weighted by atomic mass is 19.1. The van der Waals surface area contributed by atoms with Crippen LogP contribution < -0.4 is 0 Å². The molecular weight excluding hydrogens is 325 g/mol. The van der Waals surface area contributed by atoms with Crippen molar-refractivity contribution in [3.63, 3.8) is 0 Å². The quantitative estimate of drug-likeness (QED) is 0.653. The molecule has 1 aliphatic rings. The van der Waals surface area contributed by atoms with Gasteiger partial charge in [-0.2, -0.15) is 0 Å². The molecule has 0 amide bonds. The molecule has 4 rings (SSSR count). The van der Waals surface area contributed by atoms with Crippen LogP contribution in [0.15, 0.2) is 24.3 Å². The number of fused-ring (bicyclic) bond motifs is 1. The SMILES string of the molecule is Cc1[nH]c2nc(-c3cccc(F)c3)nc(CC3CCC(C)CC3)c2c1C. The van der Waals surface area contributed by atoms with Gasteiger partial charge < -0.3 is 4.98 Å². The van der Waals surface area contributed by atoms with Crippen molar-refractivity contribution in [3.05, 3.63) is 47.0 Å². The van der Waals surface area contributed by atoms with Crippen molar-refractivity contribution >= 4 is 11.0 Å². The van der Waals surface area contributed by atoms with E-state index < -0.39 is 0 Å². The number of nitrogens with one attached hydrogen (secondary N) is 1. The predicted molar refractivity (Wildman–Crippen MR) is 104 cm³/mol. The van der Waals surface area contributed by atoms with Gasteiger partial charge in [-0.1, -0.05) is 31.9 Å². The second-order valence-corrected chi connectivity index (χ2v) is 7.93. The van der Waals surface area contributed by atoms with Crippen molar-refractivity contribution < 1.29 is 4.39 Å². The highest BCUT2D eigenvalue weighted by Crippen LogP contribution is 2.33. The maximum atomic E-state index is 13.7. The number of nitrogens with zero attached hydrogens (tertiary/aromatic N) is 2. The largest absolute Gasteiger partial charge is 0.343 e. The molecule has 0 bridgehead atoms. The number of hydrogen-bond donors (Lipinski definition) is 1. The number of aromatic amines is 1. The monoisotopic (exact) mass is 351 g/mol. The predicted octanol–water partition coefficient (Wildman–Crippen LogP) is 5.75. The molecule has 1 N–H and O–H groups in total. The molecule has 26 heavy (non-hydrogen) atoms. The van der Waals surface area contributed by atoms with Crippen molar-refractivity contribution in [1.29, 1.82) is 0 Å². The average Bonchev–Trinajstić information content (AvgIpc) is 2.91. The molecule has 0 spiro atoms. The third kappa shape index (κ3) is 3.25. The minimum absolute atomic E-state index is 0.257. The summed E-state index contributed by atoms with van der Waals surface area (Å²) in [4.78, 5) is 13.0. The van der Waals surface area contributed by atoms with E-state index in [0.29, 0.717) is 11.7 Å². The van der Waals surface area contributed by atoms with E-state index >= 15 is 0 Å². The first kappa shape index (κ1) is 17.2. The van der Waals surface area contributed by atoms with Crippen molar-refractivity contribution in [3.8, 4) is 11.4 Å². The van der Waals surface area contributed by atoms with Crippen LogP contribution >= 0.6 is 0 Å². The van der Waals surface area contributed by atoms with Crippen LogP contribution in [0.4, 0.5) is 4.39 Å². The lowest BCUT2D eigenvalue weighted by Crippen LogP contribution is -2.15. The van der Waals surface area contributed by atoms with E-state index in [1.807, 2.05) is 6.07 Å². The maximum absolute atomic E-state index is 13.7. The molecule has 1 aliphatic carbocycles. The van der Waals surface area contributed by atoms with Gasteiger partial charge in [-0.25, -0.2) is 14.4 Å². The molecule has 1 aromatic carbocycles. The third-order valence-corrected chi connectivity index (χ3v) is 5.93. The van der Waals surface area contributed by atoms with Crippen LogP contribution in [0.3, 0.4) is 0 Å². The van der Waals surface area contributed by atoms with E-state index in [-0.39, 0.29) is 5.82 Å². The van der Waals surface area contributed by atoms with Gasteiger partial charge in [0.2, 0.25) is 0 Å². The molecular formula is C22H26FN3. The van der Waals surface area contributed by atoms with E-state index in [1.165, 1.54) is 43.4 Å². The molecule has 1 saturated carbocycles. The minimum atomic E-state index is -0.257. The average molecular weight is 351 g/mol. The summed E-state index contributed by atoms with van der Waals surface area (Å²) < 4.78 is 13.7. The molecule has 1 fully saturated rings. The molecule has 0 aliphatic heterocycles. The first-order valence-electron chi connectivity index (χ1n) is 9.63. The summed E-state index contributed by atoms with van der Waals surface area (Å²) in [6, 6.07) is 6.55. The topological polar surface area (TPSA) is 41.6 Å². The number of benzene rings is 1. The zero-order chi connectivity index (χ0) is 18.3. The first-order valence-corrected chi connectivity index (χ1v) is 9.63. The molecule has 0 unspecified atom stereocenters. The second-order valence-electron chi connectivity index (χ2n) is 7.93. The van der Waals surface area contributed by atoms with Crippen LogP contribution in [0, 0.1) is 31.5 Å². The van der Waals surface area contributed by atoms with Gasteiger partial charge in [-0.15, -0.1) is 0 Å². The maximum Gasteiger partial charge on any atom is 0.161 e. The number of halogens is 1. The van der Waals surface area contributed by atoms with Gasteiger partial charge in [0.05, 0.1) is 5.69 Å². The smallest absolute Gasteiger partial charge is 0.161 e. The molecule has 0 atom stereocenters. The van der Waals surface area contributed by atoms with Gasteiger partial charge in [0.1, 0.15) is 11.5 Å². The molecule has 2 aromatic heterocycles. The summed E-state index contributed by atoms with van der Waals surface area (Å²) >= 11 is 0. The van der Waals surface area contributed by atoms with Crippen LogP contribution in [0.5, 0.6) is 0 Å². The zero-order valence-electron chi connectivity index (χ0n) is 15.8. The molecule has 2 heterocycles. The van der Waals surface area contributed by atoms with Crippen LogP contribution in [-0.4, -0.2) is 15.0 Å². The van der Waals surface area contributed by atoms with E-state index in [9.17, 15) is 4.39 Å². The molecule has 0 radical (unpaired) electrons. The van der Waals surface area contributed by atoms with E-state index in [2.05, 4.69) is 25.8 Å². The Kier molecular flexibility index (Phi) is 4.51. The summed E-state index contributed by atoms with van der Waals surface area (Å²) in [7, 11) is 0. The van der Waals surface area contributed by atoms with Crippen LogP contribution in [-0.2, 0) is 6.42 Å². The minimum Gasteiger partial charge on any atom is -0.343 e. The molecule has 3 aromatic rings. The van der Waals surface area contributed by atoms with E-state index in [1.54, 1.807) is 6.07 Å². The number of H-pyrrole nitrogens is 1. The lowest BCUT2D eigenvalue weighted by molar-refractivity contribution is 0.288. The summed E-state index contributed by atoms with van der Waals surface area (Å²) in [5.41, 5.74) is 5.06. The Bertz CT molecular complexity index is 936. The van der Waals surface area contributed by atoms with E-state index in [4.69, 9.17) is 9.97 Å². The highest BCUT2D eigenvalue weighted by Gasteiger charge is 2.22.